The van der Waals surface area contributed by atoms with Crippen LogP contribution in [0.5, 0.6) is 0 Å². The molecule has 0 aliphatic heterocycles. The van der Waals surface area contributed by atoms with Crippen molar-refractivity contribution in [2.45, 2.75) is 39.0 Å². The van der Waals surface area contributed by atoms with Gasteiger partial charge in [-0.15, -0.1) is 11.3 Å². The minimum Gasteiger partial charge on any atom is -0.321 e. The summed E-state index contributed by atoms with van der Waals surface area (Å²) in [5.41, 5.74) is 3.84. The Morgan fingerprint density at radius 1 is 1.17 bits per heavy atom. The summed E-state index contributed by atoms with van der Waals surface area (Å²) in [5.74, 6) is -0.155. The maximum atomic E-state index is 12.8. The molecule has 3 aromatic rings. The number of nitrogens with zero attached hydrogens (tertiary/aromatic N) is 2. The molecular weight excluding hydrogens is 318 g/mol. The Labute approximate surface area is 145 Å². The Hall–Kier alpha value is -2.27. The molecular formula is C19H19N3OS. The van der Waals surface area contributed by atoms with Crippen LogP contribution in [-0.2, 0) is 19.3 Å². The number of hydrogen-bond donors (Lipinski definition) is 1. The van der Waals surface area contributed by atoms with Crippen LogP contribution in [0.3, 0.4) is 0 Å². The number of carbonyl (C=O) groups excluding carboxylic acids is 1. The third-order valence-electron chi connectivity index (χ3n) is 4.59. The van der Waals surface area contributed by atoms with Gasteiger partial charge in [0.15, 0.2) is 0 Å². The van der Waals surface area contributed by atoms with Gasteiger partial charge in [-0.1, -0.05) is 19.1 Å². The number of aryl methyl sites for hydroxylation is 3. The van der Waals surface area contributed by atoms with E-state index in [4.69, 9.17) is 0 Å². The highest BCUT2D eigenvalue weighted by molar-refractivity contribution is 7.18. The second-order valence-corrected chi connectivity index (χ2v) is 7.20. The molecule has 1 amide bonds. The van der Waals surface area contributed by atoms with Gasteiger partial charge >= 0.3 is 0 Å². The van der Waals surface area contributed by atoms with Gasteiger partial charge in [-0.2, -0.15) is 0 Å². The zero-order valence-electron chi connectivity index (χ0n) is 13.6. The molecule has 2 heterocycles. The van der Waals surface area contributed by atoms with E-state index in [-0.39, 0.29) is 5.91 Å². The van der Waals surface area contributed by atoms with Crippen molar-refractivity contribution in [2.24, 2.45) is 0 Å². The van der Waals surface area contributed by atoms with Crippen LogP contribution in [0, 0.1) is 0 Å². The molecule has 24 heavy (non-hydrogen) atoms. The molecule has 5 heteroatoms. The fourth-order valence-electron chi connectivity index (χ4n) is 3.28. The van der Waals surface area contributed by atoms with Gasteiger partial charge in [-0.05, 0) is 55.4 Å². The summed E-state index contributed by atoms with van der Waals surface area (Å²) in [6.07, 6.45) is 7.00. The first-order valence-electron chi connectivity index (χ1n) is 8.42. The minimum atomic E-state index is -0.155. The van der Waals surface area contributed by atoms with E-state index in [1.54, 1.807) is 11.3 Å². The summed E-state index contributed by atoms with van der Waals surface area (Å²) in [6.45, 7) is 2.12. The number of carbonyl (C=O) groups is 1. The number of thiophene rings is 1. The molecule has 4 rings (SSSR count). The Morgan fingerprint density at radius 3 is 2.75 bits per heavy atom. The van der Waals surface area contributed by atoms with Gasteiger partial charge < -0.3 is 5.32 Å². The van der Waals surface area contributed by atoms with Crippen molar-refractivity contribution < 1.29 is 4.79 Å². The number of benzene rings is 1. The summed E-state index contributed by atoms with van der Waals surface area (Å²) < 4.78 is 0. The fourth-order valence-corrected chi connectivity index (χ4v) is 4.51. The molecule has 0 fully saturated rings. The highest BCUT2D eigenvalue weighted by Crippen LogP contribution is 2.36. The summed E-state index contributed by atoms with van der Waals surface area (Å²) in [6, 6.07) is 7.96. The first-order chi connectivity index (χ1) is 11.8. The van der Waals surface area contributed by atoms with Gasteiger partial charge in [0.2, 0.25) is 0 Å². The molecule has 0 radical (unpaired) electrons. The molecule has 2 aromatic heterocycles. The van der Waals surface area contributed by atoms with Gasteiger partial charge in [0.05, 0.1) is 0 Å². The summed E-state index contributed by atoms with van der Waals surface area (Å²) in [7, 11) is 0. The Kier molecular flexibility index (Phi) is 4.02. The minimum absolute atomic E-state index is 0.155. The standard InChI is InChI=1S/C19H19N3OS/c1-2-12-7-9-13(10-8-12)22-18(23)17-16-14-5-3-4-6-15(14)24-19(16)21-11-20-17/h7-11H,2-6H2,1H3,(H,22,23). The number of nitrogens with one attached hydrogen (secondary N) is 1. The number of anilines is 1. The zero-order valence-corrected chi connectivity index (χ0v) is 14.4. The normalized spacial score (nSPS) is 13.7. The maximum absolute atomic E-state index is 12.8. The lowest BCUT2D eigenvalue weighted by Crippen LogP contribution is -2.15. The molecule has 1 aliphatic rings. The first kappa shape index (κ1) is 15.3. The predicted molar refractivity (Wildman–Crippen MR) is 97.8 cm³/mol. The molecule has 0 unspecified atom stereocenters. The van der Waals surface area contributed by atoms with Crippen molar-refractivity contribution in [3.05, 3.63) is 52.3 Å². The molecule has 0 atom stereocenters. The van der Waals surface area contributed by atoms with E-state index in [1.165, 1.54) is 35.2 Å². The molecule has 122 valence electrons. The molecule has 1 aliphatic carbocycles. The van der Waals surface area contributed by atoms with Crippen molar-refractivity contribution in [1.29, 1.82) is 0 Å². The number of fused-ring (bicyclic) bond motifs is 3. The van der Waals surface area contributed by atoms with Crippen LogP contribution in [0.25, 0.3) is 10.2 Å². The van der Waals surface area contributed by atoms with E-state index in [0.717, 1.165) is 35.2 Å². The van der Waals surface area contributed by atoms with E-state index in [2.05, 4.69) is 22.2 Å². The van der Waals surface area contributed by atoms with E-state index < -0.39 is 0 Å². The second kappa shape index (κ2) is 6.32. The topological polar surface area (TPSA) is 54.9 Å². The van der Waals surface area contributed by atoms with Crippen LogP contribution >= 0.6 is 11.3 Å². The third kappa shape index (κ3) is 2.69. The van der Waals surface area contributed by atoms with Gasteiger partial charge in [0.1, 0.15) is 16.9 Å². The van der Waals surface area contributed by atoms with Crippen LogP contribution in [0.4, 0.5) is 5.69 Å². The fraction of sp³-hybridized carbons (Fsp3) is 0.316. The van der Waals surface area contributed by atoms with Crippen molar-refractivity contribution in [2.75, 3.05) is 5.32 Å². The van der Waals surface area contributed by atoms with E-state index >= 15 is 0 Å². The Morgan fingerprint density at radius 2 is 1.96 bits per heavy atom. The summed E-state index contributed by atoms with van der Waals surface area (Å²) >= 11 is 1.71. The van der Waals surface area contributed by atoms with E-state index in [0.29, 0.717) is 5.69 Å². The predicted octanol–water partition coefficient (Wildman–Crippen LogP) is 4.38. The average molecular weight is 337 g/mol. The third-order valence-corrected chi connectivity index (χ3v) is 5.79. The second-order valence-electron chi connectivity index (χ2n) is 6.12. The van der Waals surface area contributed by atoms with Crippen LogP contribution in [0.1, 0.15) is 46.3 Å². The smallest absolute Gasteiger partial charge is 0.275 e. The molecule has 0 spiro atoms. The van der Waals surface area contributed by atoms with Gasteiger partial charge in [-0.25, -0.2) is 9.97 Å². The molecule has 1 N–H and O–H groups in total. The van der Waals surface area contributed by atoms with Gasteiger partial charge in [0, 0.05) is 16.0 Å². The van der Waals surface area contributed by atoms with Crippen LogP contribution in [0.2, 0.25) is 0 Å². The lowest BCUT2D eigenvalue weighted by Gasteiger charge is -2.11. The number of rotatable bonds is 3. The molecule has 4 nitrogen and oxygen atoms in total. The van der Waals surface area contributed by atoms with Crippen molar-refractivity contribution in [3.63, 3.8) is 0 Å². The highest BCUT2D eigenvalue weighted by atomic mass is 32.1. The van der Waals surface area contributed by atoms with Crippen LogP contribution in [0.15, 0.2) is 30.6 Å². The van der Waals surface area contributed by atoms with Crippen molar-refractivity contribution in [1.82, 2.24) is 9.97 Å². The molecule has 0 saturated heterocycles. The van der Waals surface area contributed by atoms with E-state index in [1.807, 2.05) is 24.3 Å². The van der Waals surface area contributed by atoms with E-state index in [9.17, 15) is 4.79 Å². The largest absolute Gasteiger partial charge is 0.321 e. The van der Waals surface area contributed by atoms with Crippen LogP contribution in [-0.4, -0.2) is 15.9 Å². The average Bonchev–Trinajstić information content (AvgIpc) is 3.01. The SMILES string of the molecule is CCc1ccc(NC(=O)c2ncnc3sc4c(c23)CCCC4)cc1. The quantitative estimate of drug-likeness (QED) is 0.771. The summed E-state index contributed by atoms with van der Waals surface area (Å²) in [5, 5.41) is 3.93. The Balaban J connectivity index is 1.70. The Bertz CT molecular complexity index is 899. The van der Waals surface area contributed by atoms with Gasteiger partial charge in [-0.3, -0.25) is 4.79 Å². The lowest BCUT2D eigenvalue weighted by molar-refractivity contribution is 0.102. The molecule has 0 saturated carbocycles. The number of amides is 1. The summed E-state index contributed by atoms with van der Waals surface area (Å²) in [4.78, 5) is 23.8. The van der Waals surface area contributed by atoms with Crippen molar-refractivity contribution >= 4 is 33.1 Å². The lowest BCUT2D eigenvalue weighted by atomic mass is 9.96. The number of hydrogen-bond acceptors (Lipinski definition) is 4. The van der Waals surface area contributed by atoms with Crippen LogP contribution < -0.4 is 5.32 Å². The molecule has 0 bridgehead atoms. The first-order valence-corrected chi connectivity index (χ1v) is 9.23. The molecule has 1 aromatic carbocycles. The van der Waals surface area contributed by atoms with Crippen molar-refractivity contribution in [3.8, 4) is 0 Å². The number of aromatic nitrogens is 2. The van der Waals surface area contributed by atoms with Gasteiger partial charge in [0.25, 0.3) is 5.91 Å². The maximum Gasteiger partial charge on any atom is 0.275 e. The monoisotopic (exact) mass is 337 g/mol. The highest BCUT2D eigenvalue weighted by Gasteiger charge is 2.22. The zero-order chi connectivity index (χ0) is 16.5.